The highest BCUT2D eigenvalue weighted by atomic mass is 16.2. The predicted molar refractivity (Wildman–Crippen MR) is 59.9 cm³/mol. The highest BCUT2D eigenvalue weighted by Gasteiger charge is 2.01. The molecular weight excluding hydrogens is 202 g/mol. The first kappa shape index (κ1) is 10.4. The van der Waals surface area contributed by atoms with Crippen LogP contribution in [0.2, 0.25) is 0 Å². The molecule has 2 aromatic rings. The SMILES string of the molecule is OCCC#Cc1cnnn1-c1ccccc1. The molecule has 0 amide bonds. The Hall–Kier alpha value is -2.12. The maximum atomic E-state index is 8.64. The second-order valence-electron chi connectivity index (χ2n) is 3.14. The molecule has 0 aliphatic heterocycles. The van der Waals surface area contributed by atoms with Gasteiger partial charge in [0.05, 0.1) is 18.5 Å². The van der Waals surface area contributed by atoms with Crippen molar-refractivity contribution in [2.75, 3.05) is 6.61 Å². The van der Waals surface area contributed by atoms with Gasteiger partial charge in [0.15, 0.2) is 0 Å². The van der Waals surface area contributed by atoms with Gasteiger partial charge in [-0.2, -0.15) is 0 Å². The van der Waals surface area contributed by atoms with Crippen LogP contribution in [-0.2, 0) is 0 Å². The van der Waals surface area contributed by atoms with Crippen molar-refractivity contribution >= 4 is 0 Å². The van der Waals surface area contributed by atoms with Crippen molar-refractivity contribution in [2.45, 2.75) is 6.42 Å². The van der Waals surface area contributed by atoms with Crippen molar-refractivity contribution < 1.29 is 5.11 Å². The fraction of sp³-hybridized carbons (Fsp3) is 0.167. The summed E-state index contributed by atoms with van der Waals surface area (Å²) in [6, 6.07) is 9.68. The van der Waals surface area contributed by atoms with Crippen molar-refractivity contribution in [3.63, 3.8) is 0 Å². The van der Waals surface area contributed by atoms with E-state index in [9.17, 15) is 0 Å². The fourth-order valence-electron chi connectivity index (χ4n) is 1.29. The summed E-state index contributed by atoms with van der Waals surface area (Å²) in [5.41, 5.74) is 1.65. The van der Waals surface area contributed by atoms with Gasteiger partial charge in [-0.25, -0.2) is 4.68 Å². The minimum Gasteiger partial charge on any atom is -0.395 e. The lowest BCUT2D eigenvalue weighted by Gasteiger charge is -2.00. The minimum absolute atomic E-state index is 0.0693. The summed E-state index contributed by atoms with van der Waals surface area (Å²) in [5, 5.41) is 16.4. The molecular formula is C12H11N3O. The third kappa shape index (κ3) is 2.27. The van der Waals surface area contributed by atoms with Crippen LogP contribution >= 0.6 is 0 Å². The monoisotopic (exact) mass is 213 g/mol. The predicted octanol–water partition coefficient (Wildman–Crippen LogP) is 1.00. The molecule has 16 heavy (non-hydrogen) atoms. The van der Waals surface area contributed by atoms with Crippen LogP contribution < -0.4 is 0 Å². The van der Waals surface area contributed by atoms with E-state index in [4.69, 9.17) is 5.11 Å². The first-order chi connectivity index (χ1) is 7.92. The van der Waals surface area contributed by atoms with Gasteiger partial charge >= 0.3 is 0 Å². The summed E-state index contributed by atoms with van der Waals surface area (Å²) < 4.78 is 1.67. The summed E-state index contributed by atoms with van der Waals surface area (Å²) in [6.07, 6.45) is 2.07. The van der Waals surface area contributed by atoms with E-state index >= 15 is 0 Å². The Labute approximate surface area is 93.5 Å². The van der Waals surface area contributed by atoms with Crippen molar-refractivity contribution in [1.82, 2.24) is 15.0 Å². The summed E-state index contributed by atoms with van der Waals surface area (Å²) in [4.78, 5) is 0. The molecule has 0 bridgehead atoms. The zero-order valence-electron chi connectivity index (χ0n) is 8.67. The van der Waals surface area contributed by atoms with Crippen LogP contribution in [0.5, 0.6) is 0 Å². The minimum atomic E-state index is 0.0693. The highest BCUT2D eigenvalue weighted by Crippen LogP contribution is 2.07. The van der Waals surface area contributed by atoms with Gasteiger partial charge < -0.3 is 5.11 Å². The van der Waals surface area contributed by atoms with E-state index in [0.29, 0.717) is 6.42 Å². The van der Waals surface area contributed by atoms with Crippen LogP contribution in [0.15, 0.2) is 36.5 Å². The highest BCUT2D eigenvalue weighted by molar-refractivity contribution is 5.36. The summed E-state index contributed by atoms with van der Waals surface area (Å²) in [6.45, 7) is 0.0693. The zero-order chi connectivity index (χ0) is 11.2. The Morgan fingerprint density at radius 2 is 2.06 bits per heavy atom. The third-order valence-electron chi connectivity index (χ3n) is 2.00. The molecule has 2 rings (SSSR count). The van der Waals surface area contributed by atoms with Crippen LogP contribution in [0.25, 0.3) is 5.69 Å². The number of hydrogen-bond acceptors (Lipinski definition) is 3. The van der Waals surface area contributed by atoms with Gasteiger partial charge in [0, 0.05) is 6.42 Å². The second kappa shape index (κ2) is 5.10. The average Bonchev–Trinajstić information content (AvgIpc) is 2.79. The van der Waals surface area contributed by atoms with E-state index in [2.05, 4.69) is 22.2 Å². The first-order valence-electron chi connectivity index (χ1n) is 4.97. The number of rotatable bonds is 2. The van der Waals surface area contributed by atoms with Gasteiger partial charge in [-0.05, 0) is 18.1 Å². The van der Waals surface area contributed by atoms with Crippen molar-refractivity contribution in [3.8, 4) is 17.5 Å². The van der Waals surface area contributed by atoms with E-state index in [-0.39, 0.29) is 6.61 Å². The van der Waals surface area contributed by atoms with Gasteiger partial charge in [-0.3, -0.25) is 0 Å². The molecule has 0 atom stereocenters. The molecule has 0 aliphatic carbocycles. The molecule has 0 fully saturated rings. The third-order valence-corrected chi connectivity index (χ3v) is 2.00. The van der Waals surface area contributed by atoms with E-state index in [1.165, 1.54) is 0 Å². The maximum absolute atomic E-state index is 8.64. The number of aliphatic hydroxyl groups is 1. The maximum Gasteiger partial charge on any atom is 0.137 e. The molecule has 4 nitrogen and oxygen atoms in total. The summed E-state index contributed by atoms with van der Waals surface area (Å²) in [5.74, 6) is 5.77. The van der Waals surface area contributed by atoms with Crippen LogP contribution in [0, 0.1) is 11.8 Å². The molecule has 4 heteroatoms. The Balaban J connectivity index is 2.31. The van der Waals surface area contributed by atoms with E-state index < -0.39 is 0 Å². The molecule has 1 N–H and O–H groups in total. The lowest BCUT2D eigenvalue weighted by atomic mass is 10.3. The fourth-order valence-corrected chi connectivity index (χ4v) is 1.29. The molecule has 1 aromatic heterocycles. The average molecular weight is 213 g/mol. The van der Waals surface area contributed by atoms with Crippen LogP contribution in [0.1, 0.15) is 12.1 Å². The van der Waals surface area contributed by atoms with Crippen molar-refractivity contribution in [1.29, 1.82) is 0 Å². The van der Waals surface area contributed by atoms with Gasteiger partial charge in [0.25, 0.3) is 0 Å². The number of nitrogens with zero attached hydrogens (tertiary/aromatic N) is 3. The Morgan fingerprint density at radius 3 is 2.81 bits per heavy atom. The van der Waals surface area contributed by atoms with Crippen LogP contribution in [-0.4, -0.2) is 26.7 Å². The number of hydrogen-bond donors (Lipinski definition) is 1. The van der Waals surface area contributed by atoms with E-state index in [1.807, 2.05) is 30.3 Å². The van der Waals surface area contributed by atoms with Crippen LogP contribution in [0.3, 0.4) is 0 Å². The lowest BCUT2D eigenvalue weighted by molar-refractivity contribution is 0.305. The molecule has 0 unspecified atom stereocenters. The first-order valence-corrected chi connectivity index (χ1v) is 4.97. The van der Waals surface area contributed by atoms with E-state index in [0.717, 1.165) is 11.4 Å². The number of benzene rings is 1. The summed E-state index contributed by atoms with van der Waals surface area (Å²) >= 11 is 0. The smallest absolute Gasteiger partial charge is 0.137 e. The number of para-hydroxylation sites is 1. The Morgan fingerprint density at radius 1 is 1.25 bits per heavy atom. The molecule has 1 aromatic carbocycles. The molecule has 0 aliphatic rings. The largest absolute Gasteiger partial charge is 0.395 e. The molecule has 0 saturated carbocycles. The number of aliphatic hydroxyl groups excluding tert-OH is 1. The Kier molecular flexibility index (Phi) is 3.31. The molecule has 0 spiro atoms. The van der Waals surface area contributed by atoms with Crippen LogP contribution in [0.4, 0.5) is 0 Å². The van der Waals surface area contributed by atoms with Gasteiger partial charge in [0.2, 0.25) is 0 Å². The molecule has 0 radical (unpaired) electrons. The van der Waals surface area contributed by atoms with Gasteiger partial charge in [0.1, 0.15) is 5.69 Å². The van der Waals surface area contributed by atoms with Gasteiger partial charge in [-0.1, -0.05) is 29.3 Å². The lowest BCUT2D eigenvalue weighted by Crippen LogP contribution is -1.99. The summed E-state index contributed by atoms with van der Waals surface area (Å²) in [7, 11) is 0. The topological polar surface area (TPSA) is 50.9 Å². The van der Waals surface area contributed by atoms with E-state index in [1.54, 1.807) is 10.9 Å². The van der Waals surface area contributed by atoms with Crippen molar-refractivity contribution in [2.24, 2.45) is 0 Å². The van der Waals surface area contributed by atoms with Crippen molar-refractivity contribution in [3.05, 3.63) is 42.2 Å². The normalized spacial score (nSPS) is 9.56. The molecule has 0 saturated heterocycles. The second-order valence-corrected chi connectivity index (χ2v) is 3.14. The Bertz CT molecular complexity index is 508. The molecule has 1 heterocycles. The van der Waals surface area contributed by atoms with Gasteiger partial charge in [-0.15, -0.1) is 5.10 Å². The molecule has 80 valence electrons. The number of aromatic nitrogens is 3. The standard InChI is InChI=1S/C12H11N3O/c16-9-5-4-8-12-10-13-14-15(12)11-6-2-1-3-7-11/h1-3,6-7,10,16H,5,9H2. The quantitative estimate of drug-likeness (QED) is 0.757. The zero-order valence-corrected chi connectivity index (χ0v) is 8.67.